The van der Waals surface area contributed by atoms with Gasteiger partial charge in [0.2, 0.25) is 0 Å². The Kier molecular flexibility index (Phi) is 3.78. The molecule has 0 atom stereocenters. The van der Waals surface area contributed by atoms with Gasteiger partial charge < -0.3 is 4.90 Å². The van der Waals surface area contributed by atoms with Crippen molar-refractivity contribution in [3.8, 4) is 0 Å². The van der Waals surface area contributed by atoms with E-state index in [1.165, 1.54) is 38.8 Å². The molecule has 0 saturated carbocycles. The summed E-state index contributed by atoms with van der Waals surface area (Å²) in [5, 5.41) is 0. The van der Waals surface area contributed by atoms with Crippen LogP contribution in [0.25, 0.3) is 0 Å². The van der Waals surface area contributed by atoms with E-state index in [9.17, 15) is 0 Å². The lowest BCUT2D eigenvalue weighted by molar-refractivity contribution is 0.0281. The molecule has 0 N–H and O–H groups in total. The van der Waals surface area contributed by atoms with Crippen molar-refractivity contribution >= 4 is 0 Å². The number of hydrogen-bond acceptors (Lipinski definition) is 1. The van der Waals surface area contributed by atoms with Crippen LogP contribution in [0.4, 0.5) is 0 Å². The van der Waals surface area contributed by atoms with Crippen molar-refractivity contribution < 1.29 is 0 Å². The van der Waals surface area contributed by atoms with Crippen LogP contribution >= 0.6 is 0 Å². The monoisotopic (exact) mass is 183 g/mol. The van der Waals surface area contributed by atoms with E-state index in [0.717, 1.165) is 5.92 Å². The molecule has 1 saturated heterocycles. The Balaban J connectivity index is 2.21. The van der Waals surface area contributed by atoms with Gasteiger partial charge in [-0.25, -0.2) is 0 Å². The molecule has 1 nitrogen and oxygen atoms in total. The highest BCUT2D eigenvalue weighted by Crippen LogP contribution is 2.37. The van der Waals surface area contributed by atoms with E-state index in [4.69, 9.17) is 0 Å². The largest absolute Gasteiger partial charge is 0.306 e. The van der Waals surface area contributed by atoms with E-state index in [0.29, 0.717) is 5.41 Å². The second-order valence-corrected chi connectivity index (χ2v) is 5.36. The van der Waals surface area contributed by atoms with Gasteiger partial charge in [-0.2, -0.15) is 0 Å². The van der Waals surface area contributed by atoms with E-state index in [-0.39, 0.29) is 0 Å². The molecule has 13 heavy (non-hydrogen) atoms. The Morgan fingerprint density at radius 1 is 1.23 bits per heavy atom. The van der Waals surface area contributed by atoms with Crippen LogP contribution in [0.5, 0.6) is 0 Å². The summed E-state index contributed by atoms with van der Waals surface area (Å²) >= 11 is 0. The molecule has 1 fully saturated rings. The quantitative estimate of drug-likeness (QED) is 0.592. The molecule has 0 spiro atoms. The predicted molar refractivity (Wildman–Crippen MR) is 58.9 cm³/mol. The van der Waals surface area contributed by atoms with E-state index in [1.54, 1.807) is 0 Å². The summed E-state index contributed by atoms with van der Waals surface area (Å²) in [7, 11) is 2.22. The molecule has 0 radical (unpaired) electrons. The molecule has 0 aromatic heterocycles. The lowest BCUT2D eigenvalue weighted by atomic mass is 9.71. The molecule has 1 heteroatoms. The zero-order chi connectivity index (χ0) is 9.90. The van der Waals surface area contributed by atoms with E-state index >= 15 is 0 Å². The van der Waals surface area contributed by atoms with Crippen molar-refractivity contribution in [2.75, 3.05) is 20.1 Å². The summed E-state index contributed by atoms with van der Waals surface area (Å²) in [6.45, 7) is 9.81. The molecule has 1 heterocycles. The van der Waals surface area contributed by atoms with E-state index in [1.807, 2.05) is 0 Å². The Hall–Kier alpha value is -0.0400. The zero-order valence-electron chi connectivity index (χ0n) is 9.77. The molecule has 0 bridgehead atoms. The first-order chi connectivity index (χ1) is 6.06. The maximum absolute atomic E-state index is 2.44. The van der Waals surface area contributed by atoms with Gasteiger partial charge in [0, 0.05) is 13.1 Å². The fourth-order valence-electron chi connectivity index (χ4n) is 2.23. The van der Waals surface area contributed by atoms with Gasteiger partial charge in [0.1, 0.15) is 0 Å². The van der Waals surface area contributed by atoms with Crippen molar-refractivity contribution in [2.24, 2.45) is 11.3 Å². The lowest BCUT2D eigenvalue weighted by Gasteiger charge is -2.46. The molecule has 0 aliphatic carbocycles. The summed E-state index contributed by atoms with van der Waals surface area (Å²) in [6, 6.07) is 0. The molecule has 1 aliphatic heterocycles. The average Bonchev–Trinajstić information content (AvgIpc) is 1.99. The van der Waals surface area contributed by atoms with Crippen LogP contribution in [-0.4, -0.2) is 25.0 Å². The first kappa shape index (κ1) is 11.0. The van der Waals surface area contributed by atoms with Crippen LogP contribution in [0.15, 0.2) is 0 Å². The third-order valence-electron chi connectivity index (χ3n) is 3.59. The van der Waals surface area contributed by atoms with E-state index in [2.05, 4.69) is 32.7 Å². The van der Waals surface area contributed by atoms with Crippen molar-refractivity contribution in [3.05, 3.63) is 0 Å². The van der Waals surface area contributed by atoms with Gasteiger partial charge >= 0.3 is 0 Å². The molecular formula is C12H25N. The van der Waals surface area contributed by atoms with Crippen LogP contribution in [0.1, 0.15) is 46.5 Å². The third-order valence-corrected chi connectivity index (χ3v) is 3.59. The average molecular weight is 183 g/mol. The first-order valence-electron chi connectivity index (χ1n) is 5.75. The highest BCUT2D eigenvalue weighted by atomic mass is 15.2. The minimum Gasteiger partial charge on any atom is -0.306 e. The second-order valence-electron chi connectivity index (χ2n) is 5.36. The molecular weight excluding hydrogens is 158 g/mol. The van der Waals surface area contributed by atoms with Crippen molar-refractivity contribution in [1.29, 1.82) is 0 Å². The summed E-state index contributed by atoms with van der Waals surface area (Å²) in [5.41, 5.74) is 0.585. The van der Waals surface area contributed by atoms with Gasteiger partial charge in [-0.15, -0.1) is 0 Å². The van der Waals surface area contributed by atoms with Gasteiger partial charge in [-0.3, -0.25) is 0 Å². The summed E-state index contributed by atoms with van der Waals surface area (Å²) in [6.07, 6.45) is 5.59. The van der Waals surface area contributed by atoms with Gasteiger partial charge in [0.05, 0.1) is 0 Å². The predicted octanol–water partition coefficient (Wildman–Crippen LogP) is 3.15. The number of rotatable bonds is 5. The van der Waals surface area contributed by atoms with Crippen molar-refractivity contribution in [3.63, 3.8) is 0 Å². The summed E-state index contributed by atoms with van der Waals surface area (Å²) in [4.78, 5) is 2.42. The number of nitrogens with zero attached hydrogens (tertiary/aromatic N) is 1. The second kappa shape index (κ2) is 4.45. The minimum absolute atomic E-state index is 0.585. The number of hydrogen-bond donors (Lipinski definition) is 0. The number of unbranched alkanes of at least 4 members (excludes halogenated alkanes) is 2. The molecule has 78 valence electrons. The maximum atomic E-state index is 2.44. The fraction of sp³-hybridized carbons (Fsp3) is 1.00. The normalized spacial score (nSPS) is 20.3. The maximum Gasteiger partial charge on any atom is 0.00241 e. The van der Waals surface area contributed by atoms with E-state index < -0.39 is 0 Å². The van der Waals surface area contributed by atoms with Gasteiger partial charge in [-0.1, -0.05) is 40.0 Å². The van der Waals surface area contributed by atoms with Crippen LogP contribution in [0.2, 0.25) is 0 Å². The van der Waals surface area contributed by atoms with Crippen molar-refractivity contribution in [2.45, 2.75) is 46.5 Å². The van der Waals surface area contributed by atoms with Gasteiger partial charge in [0.25, 0.3) is 0 Å². The van der Waals surface area contributed by atoms with Gasteiger partial charge in [-0.05, 0) is 24.8 Å². The fourth-order valence-corrected chi connectivity index (χ4v) is 2.23. The van der Waals surface area contributed by atoms with Crippen LogP contribution in [-0.2, 0) is 0 Å². The molecule has 0 amide bonds. The molecule has 1 aliphatic rings. The summed E-state index contributed by atoms with van der Waals surface area (Å²) < 4.78 is 0. The minimum atomic E-state index is 0.585. The standard InChI is InChI=1S/C12H25N/c1-5-6-7-8-12(2,3)11-9-13(4)10-11/h11H,5-10H2,1-4H3. The highest BCUT2D eigenvalue weighted by Gasteiger charge is 2.36. The Bertz CT molecular complexity index is 145. The Morgan fingerprint density at radius 3 is 2.31 bits per heavy atom. The van der Waals surface area contributed by atoms with Crippen LogP contribution in [0, 0.1) is 11.3 Å². The van der Waals surface area contributed by atoms with Crippen molar-refractivity contribution in [1.82, 2.24) is 4.90 Å². The van der Waals surface area contributed by atoms with Crippen LogP contribution in [0.3, 0.4) is 0 Å². The Morgan fingerprint density at radius 2 is 1.85 bits per heavy atom. The van der Waals surface area contributed by atoms with Gasteiger partial charge in [0.15, 0.2) is 0 Å². The number of likely N-dealkylation sites (tertiary alicyclic amines) is 1. The lowest BCUT2D eigenvalue weighted by Crippen LogP contribution is -2.50. The SMILES string of the molecule is CCCCCC(C)(C)C1CN(C)C1. The third kappa shape index (κ3) is 2.98. The molecule has 0 unspecified atom stereocenters. The topological polar surface area (TPSA) is 3.24 Å². The summed E-state index contributed by atoms with van der Waals surface area (Å²) in [5.74, 6) is 0.953. The van der Waals surface area contributed by atoms with Crippen LogP contribution < -0.4 is 0 Å². The molecule has 1 rings (SSSR count). The highest BCUT2D eigenvalue weighted by molar-refractivity contribution is 4.88. The Labute approximate surface area is 83.5 Å². The molecule has 0 aromatic carbocycles. The smallest absolute Gasteiger partial charge is 0.00241 e. The molecule has 0 aromatic rings. The zero-order valence-corrected chi connectivity index (χ0v) is 9.77. The first-order valence-corrected chi connectivity index (χ1v) is 5.75.